The fourth-order valence-corrected chi connectivity index (χ4v) is 2.71. The minimum Gasteiger partial charge on any atom is -0.480 e. The van der Waals surface area contributed by atoms with Crippen molar-refractivity contribution in [2.75, 3.05) is 0 Å². The Hall–Kier alpha value is -1.30. The van der Waals surface area contributed by atoms with Gasteiger partial charge in [-0.25, -0.2) is 4.79 Å². The molecule has 0 saturated heterocycles. The van der Waals surface area contributed by atoms with Gasteiger partial charge < -0.3 is 14.8 Å². The number of furan rings is 1. The Balaban J connectivity index is 2.17. The highest BCUT2D eigenvalue weighted by molar-refractivity contribution is 9.10. The zero-order valence-corrected chi connectivity index (χ0v) is 11.3. The van der Waals surface area contributed by atoms with Crippen molar-refractivity contribution in [3.8, 4) is 0 Å². The standard InChI is InChI=1S/C12H14BrNO4/c13-9-8(4-7-18-9)10(15)14-12(11(16)17)5-2-1-3-6-12/h4,7H,1-3,5-6H2,(H,14,15)(H,16,17). The SMILES string of the molecule is O=C(NC1(C(=O)O)CCCCC1)c1ccoc1Br. The van der Waals surface area contributed by atoms with E-state index in [-0.39, 0.29) is 0 Å². The van der Waals surface area contributed by atoms with Gasteiger partial charge in [-0.3, -0.25) is 4.79 Å². The summed E-state index contributed by atoms with van der Waals surface area (Å²) in [6.07, 6.45) is 4.99. The molecule has 1 aliphatic carbocycles. The molecular formula is C12H14BrNO4. The van der Waals surface area contributed by atoms with Crippen LogP contribution in [0.4, 0.5) is 0 Å². The lowest BCUT2D eigenvalue weighted by Gasteiger charge is -2.33. The third-order valence-corrected chi connectivity index (χ3v) is 3.95. The van der Waals surface area contributed by atoms with Crippen LogP contribution >= 0.6 is 15.9 Å². The van der Waals surface area contributed by atoms with E-state index in [1.807, 2.05) is 0 Å². The number of carboxylic acids is 1. The molecule has 1 amide bonds. The summed E-state index contributed by atoms with van der Waals surface area (Å²) in [4.78, 5) is 23.5. The number of halogens is 1. The summed E-state index contributed by atoms with van der Waals surface area (Å²) in [5.74, 6) is -1.38. The maximum Gasteiger partial charge on any atom is 0.329 e. The number of aliphatic carboxylic acids is 1. The van der Waals surface area contributed by atoms with Crippen LogP contribution in [-0.4, -0.2) is 22.5 Å². The molecule has 1 aromatic heterocycles. The number of carboxylic acid groups (broad SMARTS) is 1. The van der Waals surface area contributed by atoms with Crippen LogP contribution in [0.3, 0.4) is 0 Å². The molecule has 0 atom stereocenters. The van der Waals surface area contributed by atoms with Crippen molar-refractivity contribution >= 4 is 27.8 Å². The second-order valence-electron chi connectivity index (χ2n) is 4.51. The monoisotopic (exact) mass is 315 g/mol. The van der Waals surface area contributed by atoms with Gasteiger partial charge >= 0.3 is 5.97 Å². The molecule has 1 fully saturated rings. The first-order chi connectivity index (χ1) is 8.55. The van der Waals surface area contributed by atoms with Crippen LogP contribution < -0.4 is 5.32 Å². The van der Waals surface area contributed by atoms with Crippen molar-refractivity contribution < 1.29 is 19.1 Å². The molecule has 0 radical (unpaired) electrons. The fourth-order valence-electron chi connectivity index (χ4n) is 2.29. The molecule has 18 heavy (non-hydrogen) atoms. The fraction of sp³-hybridized carbons (Fsp3) is 0.500. The molecule has 1 saturated carbocycles. The number of carbonyl (C=O) groups is 2. The highest BCUT2D eigenvalue weighted by Gasteiger charge is 2.41. The van der Waals surface area contributed by atoms with E-state index in [9.17, 15) is 14.7 Å². The lowest BCUT2D eigenvalue weighted by molar-refractivity contribution is -0.145. The Labute approximate surface area is 113 Å². The van der Waals surface area contributed by atoms with Crippen molar-refractivity contribution in [3.05, 3.63) is 22.6 Å². The van der Waals surface area contributed by atoms with Crippen LogP contribution in [0.2, 0.25) is 0 Å². The number of hydrogen-bond donors (Lipinski definition) is 2. The number of nitrogens with one attached hydrogen (secondary N) is 1. The van der Waals surface area contributed by atoms with Crippen LogP contribution in [0.15, 0.2) is 21.4 Å². The molecule has 0 aliphatic heterocycles. The first-order valence-corrected chi connectivity index (χ1v) is 6.63. The Morgan fingerprint density at radius 2 is 2.00 bits per heavy atom. The first kappa shape index (κ1) is 13.1. The second kappa shape index (κ2) is 5.14. The van der Waals surface area contributed by atoms with Crippen LogP contribution in [0.1, 0.15) is 42.5 Å². The average molecular weight is 316 g/mol. The van der Waals surface area contributed by atoms with Gasteiger partial charge in [0.25, 0.3) is 5.91 Å². The summed E-state index contributed by atoms with van der Waals surface area (Å²) in [6.45, 7) is 0. The van der Waals surface area contributed by atoms with E-state index in [2.05, 4.69) is 21.2 Å². The quantitative estimate of drug-likeness (QED) is 0.898. The van der Waals surface area contributed by atoms with Crippen LogP contribution in [0.25, 0.3) is 0 Å². The van der Waals surface area contributed by atoms with Crippen LogP contribution in [-0.2, 0) is 4.79 Å². The van der Waals surface area contributed by atoms with Gasteiger partial charge in [0.2, 0.25) is 0 Å². The smallest absolute Gasteiger partial charge is 0.329 e. The lowest BCUT2D eigenvalue weighted by Crippen LogP contribution is -2.55. The molecule has 1 heterocycles. The first-order valence-electron chi connectivity index (χ1n) is 5.84. The van der Waals surface area contributed by atoms with Crippen molar-refractivity contribution in [1.29, 1.82) is 0 Å². The van der Waals surface area contributed by atoms with Gasteiger partial charge in [0.15, 0.2) is 4.67 Å². The minimum atomic E-state index is -1.13. The van der Waals surface area contributed by atoms with Crippen molar-refractivity contribution in [3.63, 3.8) is 0 Å². The Kier molecular flexibility index (Phi) is 3.75. The summed E-state index contributed by atoms with van der Waals surface area (Å²) < 4.78 is 5.29. The minimum absolute atomic E-state index is 0.316. The molecule has 5 nitrogen and oxygen atoms in total. The van der Waals surface area contributed by atoms with Gasteiger partial charge in [0.1, 0.15) is 5.54 Å². The van der Waals surface area contributed by atoms with E-state index in [4.69, 9.17) is 4.42 Å². The molecule has 0 bridgehead atoms. The largest absolute Gasteiger partial charge is 0.480 e. The maximum absolute atomic E-state index is 12.0. The van der Waals surface area contributed by atoms with Crippen LogP contribution in [0, 0.1) is 0 Å². The molecular weight excluding hydrogens is 302 g/mol. The highest BCUT2D eigenvalue weighted by Crippen LogP contribution is 2.29. The predicted octanol–water partition coefficient (Wildman–Crippen LogP) is 2.56. The number of amides is 1. The Morgan fingerprint density at radius 1 is 1.33 bits per heavy atom. The third kappa shape index (κ3) is 2.43. The molecule has 2 N–H and O–H groups in total. The molecule has 2 rings (SSSR count). The molecule has 0 unspecified atom stereocenters. The van der Waals surface area contributed by atoms with Gasteiger partial charge in [0, 0.05) is 0 Å². The molecule has 0 spiro atoms. The van der Waals surface area contributed by atoms with Gasteiger partial charge in [-0.1, -0.05) is 19.3 Å². The van der Waals surface area contributed by atoms with E-state index in [0.717, 1.165) is 19.3 Å². The van der Waals surface area contributed by atoms with Crippen molar-refractivity contribution in [1.82, 2.24) is 5.32 Å². The summed E-state index contributed by atoms with van der Waals surface area (Å²) in [7, 11) is 0. The van der Waals surface area contributed by atoms with Crippen molar-refractivity contribution in [2.24, 2.45) is 0 Å². The number of carbonyl (C=O) groups excluding carboxylic acids is 1. The second-order valence-corrected chi connectivity index (χ2v) is 5.23. The summed E-state index contributed by atoms with van der Waals surface area (Å²) in [5, 5.41) is 12.0. The van der Waals surface area contributed by atoms with E-state index in [1.54, 1.807) is 0 Å². The van der Waals surface area contributed by atoms with E-state index in [0.29, 0.717) is 23.1 Å². The molecule has 6 heteroatoms. The zero-order valence-electron chi connectivity index (χ0n) is 9.74. The number of rotatable bonds is 3. The zero-order chi connectivity index (χ0) is 13.2. The summed E-state index contributed by atoms with van der Waals surface area (Å²) in [5.41, 5.74) is -0.812. The number of hydrogen-bond acceptors (Lipinski definition) is 3. The molecule has 1 aliphatic rings. The van der Waals surface area contributed by atoms with E-state index >= 15 is 0 Å². The van der Waals surface area contributed by atoms with Gasteiger partial charge in [-0.05, 0) is 34.8 Å². The Bertz CT molecular complexity index is 462. The predicted molar refractivity (Wildman–Crippen MR) is 67.3 cm³/mol. The van der Waals surface area contributed by atoms with E-state index in [1.165, 1.54) is 12.3 Å². The molecule has 98 valence electrons. The summed E-state index contributed by atoms with van der Waals surface area (Å²) in [6, 6.07) is 1.51. The molecule has 1 aromatic rings. The molecule has 0 aromatic carbocycles. The van der Waals surface area contributed by atoms with Crippen molar-refractivity contribution in [2.45, 2.75) is 37.6 Å². The topological polar surface area (TPSA) is 79.5 Å². The Morgan fingerprint density at radius 3 is 2.50 bits per heavy atom. The van der Waals surface area contributed by atoms with Gasteiger partial charge in [-0.2, -0.15) is 0 Å². The third-order valence-electron chi connectivity index (χ3n) is 3.33. The average Bonchev–Trinajstić information content (AvgIpc) is 2.76. The maximum atomic E-state index is 12.0. The summed E-state index contributed by atoms with van der Waals surface area (Å²) >= 11 is 3.11. The van der Waals surface area contributed by atoms with E-state index < -0.39 is 17.4 Å². The lowest BCUT2D eigenvalue weighted by atomic mass is 9.81. The van der Waals surface area contributed by atoms with Gasteiger partial charge in [-0.15, -0.1) is 0 Å². The van der Waals surface area contributed by atoms with Gasteiger partial charge in [0.05, 0.1) is 11.8 Å². The highest BCUT2D eigenvalue weighted by atomic mass is 79.9. The normalized spacial score (nSPS) is 18.3. The van der Waals surface area contributed by atoms with Crippen LogP contribution in [0.5, 0.6) is 0 Å².